The Balaban J connectivity index is 1.94. The van der Waals surface area contributed by atoms with E-state index < -0.39 is 11.8 Å². The van der Waals surface area contributed by atoms with E-state index in [2.05, 4.69) is 15.9 Å². The number of halogens is 2. The third-order valence-corrected chi connectivity index (χ3v) is 4.10. The van der Waals surface area contributed by atoms with Crippen LogP contribution in [0.25, 0.3) is 0 Å². The minimum Gasteiger partial charge on any atom is -0.481 e. The summed E-state index contributed by atoms with van der Waals surface area (Å²) in [5.41, 5.74) is 0.0587. The fraction of sp³-hybridized carbons (Fsp3) is 0.429. The van der Waals surface area contributed by atoms with Gasteiger partial charge in [0, 0.05) is 32.7 Å². The Labute approximate surface area is 130 Å². The van der Waals surface area contributed by atoms with Gasteiger partial charge >= 0.3 is 5.97 Å². The van der Waals surface area contributed by atoms with Crippen molar-refractivity contribution in [2.45, 2.75) is 6.42 Å². The van der Waals surface area contributed by atoms with E-state index in [0.29, 0.717) is 32.7 Å². The average Bonchev–Trinajstić information content (AvgIpc) is 2.48. The highest BCUT2D eigenvalue weighted by Crippen LogP contribution is 2.20. The van der Waals surface area contributed by atoms with E-state index in [4.69, 9.17) is 5.11 Å². The number of rotatable bonds is 4. The van der Waals surface area contributed by atoms with Crippen molar-refractivity contribution in [2.75, 3.05) is 32.7 Å². The van der Waals surface area contributed by atoms with Crippen LogP contribution < -0.4 is 0 Å². The maximum atomic E-state index is 13.9. The maximum absolute atomic E-state index is 13.9. The Bertz CT molecular complexity index is 545. The van der Waals surface area contributed by atoms with Gasteiger partial charge in [-0.3, -0.25) is 14.5 Å². The maximum Gasteiger partial charge on any atom is 0.304 e. The van der Waals surface area contributed by atoms with Crippen molar-refractivity contribution in [3.63, 3.8) is 0 Å². The molecule has 1 heterocycles. The lowest BCUT2D eigenvalue weighted by atomic mass is 10.1. The van der Waals surface area contributed by atoms with Crippen molar-refractivity contribution in [3.8, 4) is 0 Å². The van der Waals surface area contributed by atoms with Gasteiger partial charge in [0.2, 0.25) is 0 Å². The highest BCUT2D eigenvalue weighted by Gasteiger charge is 2.24. The summed E-state index contributed by atoms with van der Waals surface area (Å²) in [4.78, 5) is 26.4. The summed E-state index contributed by atoms with van der Waals surface area (Å²) in [6, 6.07) is 4.65. The molecule has 2 rings (SSSR count). The predicted molar refractivity (Wildman–Crippen MR) is 78.7 cm³/mol. The molecule has 1 aliphatic heterocycles. The Morgan fingerprint density at radius 1 is 1.24 bits per heavy atom. The summed E-state index contributed by atoms with van der Waals surface area (Å²) in [6.07, 6.45) is 0.0915. The number of carboxylic acid groups (broad SMARTS) is 1. The largest absolute Gasteiger partial charge is 0.481 e. The van der Waals surface area contributed by atoms with Gasteiger partial charge in [0.1, 0.15) is 5.82 Å². The SMILES string of the molecule is O=C(O)CCN1CCN(C(=O)c2cccc(Br)c2F)CC1. The van der Waals surface area contributed by atoms with Gasteiger partial charge in [-0.15, -0.1) is 0 Å². The van der Waals surface area contributed by atoms with E-state index in [1.54, 1.807) is 17.0 Å². The van der Waals surface area contributed by atoms with Crippen LogP contribution in [0.3, 0.4) is 0 Å². The molecule has 1 aromatic rings. The molecule has 1 N–H and O–H groups in total. The van der Waals surface area contributed by atoms with Gasteiger partial charge in [0.15, 0.2) is 0 Å². The van der Waals surface area contributed by atoms with E-state index in [1.165, 1.54) is 6.07 Å². The number of nitrogens with zero attached hydrogens (tertiary/aromatic N) is 2. The lowest BCUT2D eigenvalue weighted by Crippen LogP contribution is -2.49. The highest BCUT2D eigenvalue weighted by atomic mass is 79.9. The highest BCUT2D eigenvalue weighted by molar-refractivity contribution is 9.10. The molecule has 0 unspecified atom stereocenters. The fourth-order valence-electron chi connectivity index (χ4n) is 2.27. The zero-order chi connectivity index (χ0) is 15.4. The first-order valence-electron chi connectivity index (χ1n) is 6.66. The van der Waals surface area contributed by atoms with E-state index in [9.17, 15) is 14.0 Å². The smallest absolute Gasteiger partial charge is 0.304 e. The normalized spacial score (nSPS) is 16.0. The van der Waals surface area contributed by atoms with Crippen molar-refractivity contribution < 1.29 is 19.1 Å². The van der Waals surface area contributed by atoms with Gasteiger partial charge in [0.05, 0.1) is 16.5 Å². The number of hydrogen-bond donors (Lipinski definition) is 1. The van der Waals surface area contributed by atoms with Gasteiger partial charge in [-0.1, -0.05) is 6.07 Å². The Kier molecular flexibility index (Phi) is 5.30. The van der Waals surface area contributed by atoms with Crippen molar-refractivity contribution in [1.82, 2.24) is 9.80 Å². The second-order valence-electron chi connectivity index (χ2n) is 4.88. The summed E-state index contributed by atoms with van der Waals surface area (Å²) in [6.45, 7) is 2.64. The fourth-order valence-corrected chi connectivity index (χ4v) is 2.63. The molecule has 0 saturated carbocycles. The summed E-state index contributed by atoms with van der Waals surface area (Å²) < 4.78 is 14.2. The van der Waals surface area contributed by atoms with Crippen molar-refractivity contribution in [2.24, 2.45) is 0 Å². The molecule has 1 amide bonds. The van der Waals surface area contributed by atoms with Crippen molar-refractivity contribution in [3.05, 3.63) is 34.1 Å². The second kappa shape index (κ2) is 7.00. The zero-order valence-corrected chi connectivity index (χ0v) is 13.0. The molecule has 114 valence electrons. The van der Waals surface area contributed by atoms with Crippen LogP contribution >= 0.6 is 15.9 Å². The van der Waals surface area contributed by atoms with Gasteiger partial charge in [-0.05, 0) is 28.1 Å². The first kappa shape index (κ1) is 15.9. The summed E-state index contributed by atoms with van der Waals surface area (Å²) in [5, 5.41) is 8.65. The summed E-state index contributed by atoms with van der Waals surface area (Å²) in [5.74, 6) is -1.70. The number of aliphatic carboxylic acids is 1. The number of carbonyl (C=O) groups excluding carboxylic acids is 1. The molecule has 0 spiro atoms. The molecule has 0 aromatic heterocycles. The van der Waals surface area contributed by atoms with Crippen LogP contribution in [0.1, 0.15) is 16.8 Å². The zero-order valence-electron chi connectivity index (χ0n) is 11.4. The van der Waals surface area contributed by atoms with Gasteiger partial charge in [-0.2, -0.15) is 0 Å². The Morgan fingerprint density at radius 3 is 2.52 bits per heavy atom. The first-order chi connectivity index (χ1) is 9.99. The van der Waals surface area contributed by atoms with Crippen molar-refractivity contribution >= 4 is 27.8 Å². The number of amides is 1. The second-order valence-corrected chi connectivity index (χ2v) is 5.73. The van der Waals surface area contributed by atoms with E-state index in [0.717, 1.165) is 0 Å². The molecule has 1 fully saturated rings. The van der Waals surface area contributed by atoms with E-state index in [1.807, 2.05) is 4.90 Å². The molecule has 0 bridgehead atoms. The van der Waals surface area contributed by atoms with Crippen LogP contribution in [0, 0.1) is 5.82 Å². The van der Waals surface area contributed by atoms with Crippen LogP contribution in [0.5, 0.6) is 0 Å². The minimum atomic E-state index is -0.829. The summed E-state index contributed by atoms with van der Waals surface area (Å²) >= 11 is 3.07. The third-order valence-electron chi connectivity index (χ3n) is 3.48. The summed E-state index contributed by atoms with van der Waals surface area (Å²) in [7, 11) is 0. The molecular weight excluding hydrogens is 343 g/mol. The number of benzene rings is 1. The third kappa shape index (κ3) is 4.01. The quantitative estimate of drug-likeness (QED) is 0.891. The van der Waals surface area contributed by atoms with Crippen LogP contribution in [0.2, 0.25) is 0 Å². The molecule has 0 atom stereocenters. The van der Waals surface area contributed by atoms with E-state index in [-0.39, 0.29) is 22.4 Å². The molecule has 21 heavy (non-hydrogen) atoms. The Morgan fingerprint density at radius 2 is 1.90 bits per heavy atom. The molecule has 5 nitrogen and oxygen atoms in total. The topological polar surface area (TPSA) is 60.9 Å². The molecule has 1 aliphatic rings. The predicted octanol–water partition coefficient (Wildman–Crippen LogP) is 1.82. The van der Waals surface area contributed by atoms with Crippen LogP contribution in [0.15, 0.2) is 22.7 Å². The molecular formula is C14H16BrFN2O3. The Hall–Kier alpha value is -1.47. The van der Waals surface area contributed by atoms with Crippen molar-refractivity contribution in [1.29, 1.82) is 0 Å². The standard InChI is InChI=1S/C14H16BrFN2O3/c15-11-3-1-2-10(13(11)16)14(21)18-8-6-17(7-9-18)5-4-12(19)20/h1-3H,4-9H2,(H,19,20). The van der Waals surface area contributed by atoms with Gasteiger partial charge in [-0.25, -0.2) is 4.39 Å². The van der Waals surface area contributed by atoms with Gasteiger partial charge in [0.25, 0.3) is 5.91 Å². The number of carbonyl (C=O) groups is 2. The molecule has 1 aromatic carbocycles. The molecule has 1 saturated heterocycles. The molecule has 0 aliphatic carbocycles. The number of piperazine rings is 1. The van der Waals surface area contributed by atoms with Gasteiger partial charge < -0.3 is 10.0 Å². The monoisotopic (exact) mass is 358 g/mol. The first-order valence-corrected chi connectivity index (χ1v) is 7.46. The number of carboxylic acids is 1. The van der Waals surface area contributed by atoms with E-state index >= 15 is 0 Å². The average molecular weight is 359 g/mol. The molecule has 0 radical (unpaired) electrons. The number of hydrogen-bond acceptors (Lipinski definition) is 3. The lowest BCUT2D eigenvalue weighted by Gasteiger charge is -2.34. The lowest BCUT2D eigenvalue weighted by molar-refractivity contribution is -0.137. The van der Waals surface area contributed by atoms with Crippen LogP contribution in [-0.4, -0.2) is 59.5 Å². The van der Waals surface area contributed by atoms with Crippen LogP contribution in [0.4, 0.5) is 4.39 Å². The minimum absolute atomic E-state index is 0.0587. The van der Waals surface area contributed by atoms with Crippen LogP contribution in [-0.2, 0) is 4.79 Å². The molecule has 7 heteroatoms.